The van der Waals surface area contributed by atoms with E-state index in [1.165, 1.54) is 30.5 Å². The molecule has 0 fully saturated rings. The molecule has 0 aromatic heterocycles. The number of halogens is 1. The average molecular weight is 286 g/mol. The van der Waals surface area contributed by atoms with Crippen LogP contribution in [0.25, 0.3) is 0 Å². The Bertz CT molecular complexity index is 699. The second-order valence-electron chi connectivity index (χ2n) is 4.32. The number of nitrogens with one attached hydrogen (secondary N) is 1. The quantitative estimate of drug-likeness (QED) is 0.696. The minimum Gasteiger partial charge on any atom is -0.454 e. The molecule has 0 saturated carbocycles. The van der Waals surface area contributed by atoms with Crippen molar-refractivity contribution in [2.75, 3.05) is 6.79 Å². The first kappa shape index (κ1) is 13.1. The molecule has 1 heterocycles. The van der Waals surface area contributed by atoms with Crippen LogP contribution >= 0.6 is 0 Å². The van der Waals surface area contributed by atoms with Crippen LogP contribution in [0.5, 0.6) is 11.5 Å². The summed E-state index contributed by atoms with van der Waals surface area (Å²) in [6.45, 7) is 0.206. The smallest absolute Gasteiger partial charge is 0.271 e. The number of amides is 1. The zero-order chi connectivity index (χ0) is 14.7. The van der Waals surface area contributed by atoms with Gasteiger partial charge in [0.05, 0.1) is 6.21 Å². The number of benzene rings is 2. The van der Waals surface area contributed by atoms with Gasteiger partial charge in [0.2, 0.25) is 6.79 Å². The number of rotatable bonds is 3. The molecule has 3 rings (SSSR count). The molecule has 0 aliphatic carbocycles. The first-order valence-electron chi connectivity index (χ1n) is 6.21. The third kappa shape index (κ3) is 3.00. The predicted molar refractivity (Wildman–Crippen MR) is 74.0 cm³/mol. The first-order valence-corrected chi connectivity index (χ1v) is 6.21. The normalized spacial score (nSPS) is 12.6. The van der Waals surface area contributed by atoms with Crippen LogP contribution in [0, 0.1) is 5.82 Å². The Morgan fingerprint density at radius 1 is 1.14 bits per heavy atom. The summed E-state index contributed by atoms with van der Waals surface area (Å²) in [6, 6.07) is 10.5. The molecule has 106 valence electrons. The van der Waals surface area contributed by atoms with Crippen molar-refractivity contribution in [2.24, 2.45) is 5.10 Å². The Balaban J connectivity index is 1.64. The molecule has 6 heteroatoms. The largest absolute Gasteiger partial charge is 0.454 e. The van der Waals surface area contributed by atoms with Gasteiger partial charge in [-0.15, -0.1) is 0 Å². The van der Waals surface area contributed by atoms with Gasteiger partial charge in [-0.3, -0.25) is 4.79 Å². The van der Waals surface area contributed by atoms with Gasteiger partial charge in [-0.1, -0.05) is 0 Å². The molecule has 5 nitrogen and oxygen atoms in total. The van der Waals surface area contributed by atoms with Crippen molar-refractivity contribution < 1.29 is 18.7 Å². The highest BCUT2D eigenvalue weighted by Gasteiger charge is 2.12. The monoisotopic (exact) mass is 286 g/mol. The third-order valence-electron chi connectivity index (χ3n) is 2.88. The molecular formula is C15H11FN2O3. The molecule has 21 heavy (non-hydrogen) atoms. The molecule has 2 aromatic carbocycles. The maximum absolute atomic E-state index is 12.7. The molecule has 1 aliphatic rings. The van der Waals surface area contributed by atoms with Crippen LogP contribution in [-0.4, -0.2) is 18.9 Å². The van der Waals surface area contributed by atoms with E-state index in [0.29, 0.717) is 17.1 Å². The van der Waals surface area contributed by atoms with Gasteiger partial charge < -0.3 is 9.47 Å². The number of hydrogen-bond acceptors (Lipinski definition) is 4. The predicted octanol–water partition coefficient (Wildman–Crippen LogP) is 2.32. The van der Waals surface area contributed by atoms with E-state index < -0.39 is 11.7 Å². The van der Waals surface area contributed by atoms with Crippen molar-refractivity contribution in [1.29, 1.82) is 0 Å². The minimum absolute atomic E-state index is 0.206. The summed E-state index contributed by atoms with van der Waals surface area (Å²) in [5.74, 6) is 0.522. The van der Waals surface area contributed by atoms with Gasteiger partial charge in [0.15, 0.2) is 11.5 Å². The summed E-state index contributed by atoms with van der Waals surface area (Å²) in [5, 5.41) is 3.85. The summed E-state index contributed by atoms with van der Waals surface area (Å²) < 4.78 is 23.2. The number of carbonyl (C=O) groups is 1. The van der Waals surface area contributed by atoms with Crippen LogP contribution in [0.15, 0.2) is 47.6 Å². The number of fused-ring (bicyclic) bond motifs is 1. The second kappa shape index (κ2) is 5.62. The highest BCUT2D eigenvalue weighted by Crippen LogP contribution is 2.31. The number of nitrogens with zero attached hydrogens (tertiary/aromatic N) is 1. The van der Waals surface area contributed by atoms with Crippen LogP contribution in [0.3, 0.4) is 0 Å². The fraction of sp³-hybridized carbons (Fsp3) is 0.0667. The van der Waals surface area contributed by atoms with Crippen LogP contribution in [0.1, 0.15) is 15.9 Å². The van der Waals surface area contributed by atoms with Gasteiger partial charge in [0.1, 0.15) is 5.82 Å². The summed E-state index contributed by atoms with van der Waals surface area (Å²) in [4.78, 5) is 11.7. The maximum Gasteiger partial charge on any atom is 0.271 e. The third-order valence-corrected chi connectivity index (χ3v) is 2.88. The fourth-order valence-corrected chi connectivity index (χ4v) is 1.82. The van der Waals surface area contributed by atoms with Gasteiger partial charge in [-0.05, 0) is 48.0 Å². The van der Waals surface area contributed by atoms with Crippen LogP contribution in [-0.2, 0) is 0 Å². The van der Waals surface area contributed by atoms with Crippen molar-refractivity contribution in [2.45, 2.75) is 0 Å². The summed E-state index contributed by atoms with van der Waals surface area (Å²) in [6.07, 6.45) is 1.49. The Kier molecular flexibility index (Phi) is 3.51. The van der Waals surface area contributed by atoms with Gasteiger partial charge >= 0.3 is 0 Å². The highest BCUT2D eigenvalue weighted by molar-refractivity contribution is 5.94. The molecule has 0 radical (unpaired) electrons. The lowest BCUT2D eigenvalue weighted by Gasteiger charge is -2.00. The van der Waals surface area contributed by atoms with Gasteiger partial charge in [0.25, 0.3) is 5.91 Å². The maximum atomic E-state index is 12.7. The highest BCUT2D eigenvalue weighted by atomic mass is 19.1. The van der Waals surface area contributed by atoms with E-state index >= 15 is 0 Å². The van der Waals surface area contributed by atoms with E-state index in [9.17, 15) is 9.18 Å². The SMILES string of the molecule is O=C(N/N=C\c1ccc2c(c1)OCO2)c1ccc(F)cc1. The van der Waals surface area contributed by atoms with E-state index in [1.807, 2.05) is 0 Å². The van der Waals surface area contributed by atoms with Crippen LogP contribution in [0.2, 0.25) is 0 Å². The van der Waals surface area contributed by atoms with E-state index in [2.05, 4.69) is 10.5 Å². The summed E-state index contributed by atoms with van der Waals surface area (Å²) in [7, 11) is 0. The van der Waals surface area contributed by atoms with E-state index in [4.69, 9.17) is 9.47 Å². The number of ether oxygens (including phenoxy) is 2. The molecule has 1 aliphatic heterocycles. The Labute approximate surface area is 120 Å². The van der Waals surface area contributed by atoms with Crippen LogP contribution in [0.4, 0.5) is 4.39 Å². The van der Waals surface area contributed by atoms with Gasteiger partial charge in [-0.25, -0.2) is 9.82 Å². The lowest BCUT2D eigenvalue weighted by atomic mass is 10.2. The van der Waals surface area contributed by atoms with E-state index in [1.54, 1.807) is 18.2 Å². The molecule has 2 aromatic rings. The first-order chi connectivity index (χ1) is 10.2. The lowest BCUT2D eigenvalue weighted by molar-refractivity contribution is 0.0955. The zero-order valence-corrected chi connectivity index (χ0v) is 10.9. The summed E-state index contributed by atoms with van der Waals surface area (Å²) >= 11 is 0. The number of carbonyl (C=O) groups excluding carboxylic acids is 1. The molecule has 0 spiro atoms. The number of hydrazone groups is 1. The molecule has 0 unspecified atom stereocenters. The number of hydrogen-bond donors (Lipinski definition) is 1. The molecule has 0 saturated heterocycles. The molecule has 0 bridgehead atoms. The van der Waals surface area contributed by atoms with Gasteiger partial charge in [-0.2, -0.15) is 5.10 Å². The van der Waals surface area contributed by atoms with Crippen molar-refractivity contribution in [3.8, 4) is 11.5 Å². The Morgan fingerprint density at radius 3 is 2.71 bits per heavy atom. The lowest BCUT2D eigenvalue weighted by Crippen LogP contribution is -2.17. The summed E-state index contributed by atoms with van der Waals surface area (Å²) in [5.41, 5.74) is 3.47. The Morgan fingerprint density at radius 2 is 1.90 bits per heavy atom. The molecule has 0 atom stereocenters. The average Bonchev–Trinajstić information content (AvgIpc) is 2.95. The second-order valence-corrected chi connectivity index (χ2v) is 4.32. The van der Waals surface area contributed by atoms with Crippen molar-refractivity contribution >= 4 is 12.1 Å². The standard InChI is InChI=1S/C15H11FN2O3/c16-12-4-2-11(3-5-12)15(19)18-17-8-10-1-6-13-14(7-10)21-9-20-13/h1-8H,9H2,(H,18,19)/b17-8-. The fourth-order valence-electron chi connectivity index (χ4n) is 1.82. The van der Waals surface area contributed by atoms with Crippen molar-refractivity contribution in [3.05, 3.63) is 59.4 Å². The molecule has 1 N–H and O–H groups in total. The van der Waals surface area contributed by atoms with E-state index in [0.717, 1.165) is 5.56 Å². The van der Waals surface area contributed by atoms with E-state index in [-0.39, 0.29) is 6.79 Å². The Hall–Kier alpha value is -2.89. The van der Waals surface area contributed by atoms with Crippen molar-refractivity contribution in [3.63, 3.8) is 0 Å². The van der Waals surface area contributed by atoms with Crippen LogP contribution < -0.4 is 14.9 Å². The minimum atomic E-state index is -0.410. The van der Waals surface area contributed by atoms with Crippen molar-refractivity contribution in [1.82, 2.24) is 5.43 Å². The zero-order valence-electron chi connectivity index (χ0n) is 10.9. The molecular weight excluding hydrogens is 275 g/mol. The topological polar surface area (TPSA) is 59.9 Å². The van der Waals surface area contributed by atoms with Gasteiger partial charge in [0, 0.05) is 5.56 Å². The molecule has 1 amide bonds.